The number of nitrogens with zero attached hydrogens (tertiary/aromatic N) is 2. The van der Waals surface area contributed by atoms with Gasteiger partial charge in [0.1, 0.15) is 11.6 Å². The smallest absolute Gasteiger partial charge is 0.235 e. The van der Waals surface area contributed by atoms with E-state index in [1.54, 1.807) is 0 Å². The Morgan fingerprint density at radius 1 is 1.13 bits per heavy atom. The lowest BCUT2D eigenvalue weighted by molar-refractivity contribution is -0.181. The lowest BCUT2D eigenvalue weighted by atomic mass is 9.52. The average molecular weight is 542 g/mol. The van der Waals surface area contributed by atoms with Gasteiger partial charge in [-0.2, -0.15) is 0 Å². The number of benzene rings is 1. The summed E-state index contributed by atoms with van der Waals surface area (Å²) in [6.45, 7) is 0.311. The first kappa shape index (κ1) is 26.2. The summed E-state index contributed by atoms with van der Waals surface area (Å²) in [4.78, 5) is 69.7. The number of phenolic OH excluding ortho intramolecular Hbond substituents is 1. The average Bonchev–Trinajstić information content (AvgIpc) is 3.43. The molecule has 6 atom stereocenters. The molecule has 0 aromatic heterocycles. The predicted molar refractivity (Wildman–Crippen MR) is 133 cm³/mol. The molecule has 4 fully saturated rings. The van der Waals surface area contributed by atoms with Crippen molar-refractivity contribution in [2.24, 2.45) is 29.4 Å². The molecular formula is C28H32FN3O7. The Bertz CT molecular complexity index is 1320. The van der Waals surface area contributed by atoms with Crippen molar-refractivity contribution in [3.8, 4) is 5.75 Å². The number of nitrogens with two attached hydrogens (primary N) is 1. The Labute approximate surface area is 224 Å². The second kappa shape index (κ2) is 8.74. The van der Waals surface area contributed by atoms with E-state index in [2.05, 4.69) is 4.90 Å². The molecule has 10 nitrogen and oxygen atoms in total. The minimum absolute atomic E-state index is 0.0194. The number of Topliss-reactive ketones (excluding diaryl/α,β-unsaturated/α-hetero) is 4. The Kier molecular flexibility index (Phi) is 5.87. The number of carbonyl (C=O) groups is 5. The quantitative estimate of drug-likeness (QED) is 0.451. The van der Waals surface area contributed by atoms with Crippen LogP contribution in [0.15, 0.2) is 6.07 Å². The fraction of sp³-hybridized carbons (Fsp3) is 0.607. The van der Waals surface area contributed by atoms with Crippen molar-refractivity contribution in [3.05, 3.63) is 28.6 Å². The molecule has 0 spiro atoms. The standard InChI is InChI=1S/C28H32FN3O7/c1-31(2)22-16-8-11-7-15-19(17(33)9-12(21(15)29)10-32-13-3-4-14(32)6-5-13)23(34)18(11)25(36)28(16,39)26(37)20(24(22)35)27(30)38/h9,11,13-14,16,18,20,22,33,39H,3-8,10H2,1-2H3,(H2,30,38)/t11-,13?,14?,16-,18?,20?,22-,28-/m0/s1. The van der Waals surface area contributed by atoms with E-state index >= 15 is 4.39 Å². The van der Waals surface area contributed by atoms with Crippen LogP contribution < -0.4 is 5.73 Å². The van der Waals surface area contributed by atoms with E-state index in [0.29, 0.717) is 18.6 Å². The number of fused-ring (bicyclic) bond motifs is 5. The third-order valence-corrected chi connectivity index (χ3v) is 10.0. The van der Waals surface area contributed by atoms with Gasteiger partial charge in [-0.25, -0.2) is 4.39 Å². The third kappa shape index (κ3) is 3.45. The molecule has 3 aliphatic carbocycles. The zero-order chi connectivity index (χ0) is 28.1. The lowest BCUT2D eigenvalue weighted by Crippen LogP contribution is -2.74. The zero-order valence-electron chi connectivity index (χ0n) is 21.9. The minimum Gasteiger partial charge on any atom is -0.507 e. The van der Waals surface area contributed by atoms with Gasteiger partial charge in [0, 0.05) is 35.7 Å². The number of amides is 1. The number of aromatic hydroxyl groups is 1. The zero-order valence-corrected chi connectivity index (χ0v) is 21.9. The third-order valence-electron chi connectivity index (χ3n) is 10.0. The Morgan fingerprint density at radius 2 is 1.74 bits per heavy atom. The molecule has 2 heterocycles. The summed E-state index contributed by atoms with van der Waals surface area (Å²) in [5.41, 5.74) is 2.52. The molecular weight excluding hydrogens is 509 g/mol. The number of likely N-dealkylation sites (N-methyl/N-ethyl adjacent to an activating group) is 1. The van der Waals surface area contributed by atoms with Gasteiger partial charge in [-0.1, -0.05) is 0 Å². The predicted octanol–water partition coefficient (Wildman–Crippen LogP) is 0.133. The van der Waals surface area contributed by atoms with Gasteiger partial charge >= 0.3 is 0 Å². The maximum absolute atomic E-state index is 16.0. The van der Waals surface area contributed by atoms with Crippen LogP contribution in [-0.4, -0.2) is 86.9 Å². The van der Waals surface area contributed by atoms with Crippen molar-refractivity contribution in [1.82, 2.24) is 9.80 Å². The minimum atomic E-state index is -2.79. The van der Waals surface area contributed by atoms with Crippen molar-refractivity contribution in [2.75, 3.05) is 14.1 Å². The van der Waals surface area contributed by atoms with Crippen LogP contribution in [0.3, 0.4) is 0 Å². The summed E-state index contributed by atoms with van der Waals surface area (Å²) in [7, 11) is 3.04. The number of phenols is 1. The molecule has 0 radical (unpaired) electrons. The van der Waals surface area contributed by atoms with Crippen LogP contribution in [0, 0.1) is 29.5 Å². The second-order valence-electron chi connectivity index (χ2n) is 12.1. The van der Waals surface area contributed by atoms with Gasteiger partial charge in [0.25, 0.3) is 0 Å². The molecule has 1 aromatic rings. The van der Waals surface area contributed by atoms with E-state index in [1.807, 2.05) is 0 Å². The molecule has 6 rings (SSSR count). The number of primary amides is 1. The molecule has 11 heteroatoms. The molecule has 39 heavy (non-hydrogen) atoms. The van der Waals surface area contributed by atoms with Crippen molar-refractivity contribution in [3.63, 3.8) is 0 Å². The van der Waals surface area contributed by atoms with Crippen LogP contribution in [0.4, 0.5) is 4.39 Å². The maximum Gasteiger partial charge on any atom is 0.235 e. The van der Waals surface area contributed by atoms with Gasteiger partial charge in [0.05, 0.1) is 17.5 Å². The number of halogens is 1. The molecule has 4 N–H and O–H groups in total. The summed E-state index contributed by atoms with van der Waals surface area (Å²) in [6.07, 6.45) is 4.03. The molecule has 1 amide bonds. The van der Waals surface area contributed by atoms with E-state index in [0.717, 1.165) is 25.7 Å². The molecule has 2 saturated heterocycles. The van der Waals surface area contributed by atoms with Crippen molar-refractivity contribution < 1.29 is 38.6 Å². The van der Waals surface area contributed by atoms with E-state index < -0.39 is 75.9 Å². The molecule has 2 bridgehead atoms. The lowest BCUT2D eigenvalue weighted by Gasteiger charge is -2.52. The van der Waals surface area contributed by atoms with E-state index in [4.69, 9.17) is 5.73 Å². The first-order valence-corrected chi connectivity index (χ1v) is 13.5. The van der Waals surface area contributed by atoms with Crippen LogP contribution in [0.5, 0.6) is 5.75 Å². The Hall–Kier alpha value is -3.02. The van der Waals surface area contributed by atoms with Crippen LogP contribution in [0.2, 0.25) is 0 Å². The first-order chi connectivity index (χ1) is 18.4. The Balaban J connectivity index is 1.40. The molecule has 208 valence electrons. The normalized spacial score (nSPS) is 37.7. The SMILES string of the molecule is CN(C)[C@@H]1C(=O)C(C(N)=O)C(=O)[C@@]2(O)C(=O)C3C(=O)c4c(O)cc(CN5C6CCC5CC6)c(F)c4C[C@H]3C[C@@H]12. The fourth-order valence-corrected chi connectivity index (χ4v) is 8.30. The van der Waals surface area contributed by atoms with Gasteiger partial charge in [-0.15, -0.1) is 0 Å². The fourth-order valence-electron chi connectivity index (χ4n) is 8.30. The largest absolute Gasteiger partial charge is 0.507 e. The van der Waals surface area contributed by atoms with E-state index in [9.17, 15) is 34.2 Å². The first-order valence-electron chi connectivity index (χ1n) is 13.5. The van der Waals surface area contributed by atoms with Gasteiger partial charge in [0.15, 0.2) is 34.7 Å². The summed E-state index contributed by atoms with van der Waals surface area (Å²) >= 11 is 0. The van der Waals surface area contributed by atoms with Gasteiger partial charge in [-0.05, 0) is 64.6 Å². The molecule has 1 aromatic carbocycles. The number of hydrogen-bond donors (Lipinski definition) is 3. The molecule has 5 aliphatic rings. The number of carbonyl (C=O) groups excluding carboxylic acids is 5. The number of rotatable bonds is 4. The van der Waals surface area contributed by atoms with Gasteiger partial charge < -0.3 is 15.9 Å². The van der Waals surface area contributed by atoms with E-state index in [-0.39, 0.29) is 29.5 Å². The molecule has 2 unspecified atom stereocenters. The number of aliphatic hydroxyl groups is 1. The maximum atomic E-state index is 16.0. The van der Waals surface area contributed by atoms with Crippen LogP contribution in [-0.2, 0) is 32.1 Å². The highest BCUT2D eigenvalue weighted by molar-refractivity contribution is 6.32. The topological polar surface area (TPSA) is 158 Å². The second-order valence-corrected chi connectivity index (χ2v) is 12.1. The van der Waals surface area contributed by atoms with Gasteiger partial charge in [-0.3, -0.25) is 33.8 Å². The summed E-state index contributed by atoms with van der Waals surface area (Å²) in [5.74, 6) is -12.1. The van der Waals surface area contributed by atoms with E-state index in [1.165, 1.54) is 25.1 Å². The van der Waals surface area contributed by atoms with Crippen molar-refractivity contribution in [2.45, 2.75) is 68.8 Å². The van der Waals surface area contributed by atoms with Gasteiger partial charge in [0.2, 0.25) is 5.91 Å². The highest BCUT2D eigenvalue weighted by atomic mass is 19.1. The molecule has 2 aliphatic heterocycles. The summed E-state index contributed by atoms with van der Waals surface area (Å²) in [5, 5.41) is 22.5. The summed E-state index contributed by atoms with van der Waals surface area (Å²) < 4.78 is 16.0. The highest BCUT2D eigenvalue weighted by Crippen LogP contribution is 2.51. The summed E-state index contributed by atoms with van der Waals surface area (Å²) in [6, 6.07) is 0.799. The number of ketones is 4. The molecule has 2 saturated carbocycles. The van der Waals surface area contributed by atoms with Crippen LogP contribution in [0.25, 0.3) is 0 Å². The van der Waals surface area contributed by atoms with Crippen molar-refractivity contribution >= 4 is 29.0 Å². The van der Waals surface area contributed by atoms with Crippen molar-refractivity contribution in [1.29, 1.82) is 0 Å². The number of hydrogen-bond acceptors (Lipinski definition) is 9. The highest BCUT2D eigenvalue weighted by Gasteiger charge is 2.69. The monoisotopic (exact) mass is 541 g/mol. The Morgan fingerprint density at radius 3 is 2.31 bits per heavy atom. The van der Waals surface area contributed by atoms with Crippen LogP contribution in [0.1, 0.15) is 53.6 Å². The van der Waals surface area contributed by atoms with Crippen LogP contribution >= 0.6 is 0 Å².